The van der Waals surface area contributed by atoms with Gasteiger partial charge >= 0.3 is 5.97 Å². The fourth-order valence-corrected chi connectivity index (χ4v) is 3.30. The zero-order valence-electron chi connectivity index (χ0n) is 12.3. The molecule has 0 aliphatic carbocycles. The predicted molar refractivity (Wildman–Crippen MR) is 75.8 cm³/mol. The first-order valence-corrected chi connectivity index (χ1v) is 6.81. The van der Waals surface area contributed by atoms with Crippen LogP contribution >= 0.6 is 0 Å². The Kier molecular flexibility index (Phi) is 3.68. The van der Waals surface area contributed by atoms with E-state index in [2.05, 4.69) is 37.9 Å². The molecule has 2 rings (SSSR count). The van der Waals surface area contributed by atoms with Crippen molar-refractivity contribution in [3.63, 3.8) is 0 Å². The third kappa shape index (κ3) is 2.52. The highest BCUT2D eigenvalue weighted by Crippen LogP contribution is 2.48. The lowest BCUT2D eigenvalue weighted by Crippen LogP contribution is -2.56. The van der Waals surface area contributed by atoms with Gasteiger partial charge in [-0.2, -0.15) is 0 Å². The van der Waals surface area contributed by atoms with Gasteiger partial charge in [0.2, 0.25) is 0 Å². The van der Waals surface area contributed by atoms with E-state index in [9.17, 15) is 4.79 Å². The fourth-order valence-electron chi connectivity index (χ4n) is 3.30. The Balaban J connectivity index is 2.49. The van der Waals surface area contributed by atoms with Gasteiger partial charge in [-0.1, -0.05) is 44.2 Å². The molecule has 1 aromatic rings. The van der Waals surface area contributed by atoms with Crippen LogP contribution in [0.2, 0.25) is 0 Å². The van der Waals surface area contributed by atoms with Gasteiger partial charge in [-0.15, -0.1) is 0 Å². The molecule has 19 heavy (non-hydrogen) atoms. The lowest BCUT2D eigenvalue weighted by molar-refractivity contribution is -0.187. The van der Waals surface area contributed by atoms with Gasteiger partial charge in [0, 0.05) is 31.8 Å². The molecule has 1 atom stereocenters. The highest BCUT2D eigenvalue weighted by molar-refractivity contribution is 5.67. The van der Waals surface area contributed by atoms with Crippen molar-refractivity contribution in [2.24, 2.45) is 5.41 Å². The third-order valence-electron chi connectivity index (χ3n) is 4.16. The summed E-state index contributed by atoms with van der Waals surface area (Å²) in [4.78, 5) is 13.9. The molecule has 1 aliphatic rings. The van der Waals surface area contributed by atoms with Gasteiger partial charge < -0.3 is 9.64 Å². The van der Waals surface area contributed by atoms with Crippen LogP contribution < -0.4 is 0 Å². The molecular weight excluding hydrogens is 238 g/mol. The quantitative estimate of drug-likeness (QED) is 0.767. The van der Waals surface area contributed by atoms with Crippen LogP contribution in [0.1, 0.15) is 32.8 Å². The number of piperidine rings is 1. The Morgan fingerprint density at radius 3 is 2.42 bits per heavy atom. The molecule has 0 radical (unpaired) electrons. The first-order chi connectivity index (χ1) is 8.87. The van der Waals surface area contributed by atoms with Crippen molar-refractivity contribution in [3.8, 4) is 0 Å². The van der Waals surface area contributed by atoms with Crippen molar-refractivity contribution in [3.05, 3.63) is 35.9 Å². The SMILES string of the molecule is CC(=O)O[C@@]1(c2ccccc2)CCN(C)CC1(C)C. The number of carbonyl (C=O) groups excluding carboxylic acids is 1. The summed E-state index contributed by atoms with van der Waals surface area (Å²) in [6, 6.07) is 10.1. The van der Waals surface area contributed by atoms with Crippen molar-refractivity contribution in [2.75, 3.05) is 20.1 Å². The minimum atomic E-state index is -0.521. The van der Waals surface area contributed by atoms with Crippen molar-refractivity contribution in [1.29, 1.82) is 0 Å². The second-order valence-electron chi connectivity index (χ2n) is 6.16. The molecule has 0 amide bonds. The maximum atomic E-state index is 11.6. The molecule has 0 aromatic heterocycles. The van der Waals surface area contributed by atoms with Crippen molar-refractivity contribution >= 4 is 5.97 Å². The van der Waals surface area contributed by atoms with Gasteiger partial charge in [-0.25, -0.2) is 0 Å². The van der Waals surface area contributed by atoms with Crippen molar-refractivity contribution in [1.82, 2.24) is 4.90 Å². The summed E-state index contributed by atoms with van der Waals surface area (Å²) >= 11 is 0. The Morgan fingerprint density at radius 2 is 1.89 bits per heavy atom. The number of esters is 1. The van der Waals surface area contributed by atoms with Crippen molar-refractivity contribution < 1.29 is 9.53 Å². The molecule has 0 saturated carbocycles. The lowest BCUT2D eigenvalue weighted by Gasteiger charge is -2.51. The molecule has 3 nitrogen and oxygen atoms in total. The second kappa shape index (κ2) is 4.97. The second-order valence-corrected chi connectivity index (χ2v) is 6.16. The molecular formula is C16H23NO2. The van der Waals surface area contributed by atoms with Crippen LogP contribution in [0.3, 0.4) is 0 Å². The van der Waals surface area contributed by atoms with E-state index >= 15 is 0 Å². The summed E-state index contributed by atoms with van der Waals surface area (Å²) in [6.07, 6.45) is 0.833. The van der Waals surface area contributed by atoms with Gasteiger partial charge in [-0.3, -0.25) is 4.79 Å². The van der Waals surface area contributed by atoms with Gasteiger partial charge in [-0.05, 0) is 12.6 Å². The van der Waals surface area contributed by atoms with Gasteiger partial charge in [0.25, 0.3) is 0 Å². The fraction of sp³-hybridized carbons (Fsp3) is 0.562. The predicted octanol–water partition coefficient (Wildman–Crippen LogP) is 2.81. The number of likely N-dealkylation sites (tertiary alicyclic amines) is 1. The van der Waals surface area contributed by atoms with E-state index in [1.54, 1.807) is 0 Å². The molecule has 1 aromatic carbocycles. The monoisotopic (exact) mass is 261 g/mol. The highest BCUT2D eigenvalue weighted by atomic mass is 16.6. The van der Waals surface area contributed by atoms with Crippen LogP contribution in [-0.2, 0) is 15.1 Å². The summed E-state index contributed by atoms with van der Waals surface area (Å²) in [5, 5.41) is 0. The van der Waals surface area contributed by atoms with Crippen LogP contribution in [0.5, 0.6) is 0 Å². The van der Waals surface area contributed by atoms with Gasteiger partial charge in [0.1, 0.15) is 5.60 Å². The van der Waals surface area contributed by atoms with E-state index in [1.165, 1.54) is 6.92 Å². The van der Waals surface area contributed by atoms with E-state index in [1.807, 2.05) is 18.2 Å². The van der Waals surface area contributed by atoms with Crippen LogP contribution in [0.25, 0.3) is 0 Å². The van der Waals surface area contributed by atoms with E-state index < -0.39 is 5.60 Å². The minimum absolute atomic E-state index is 0.118. The largest absolute Gasteiger partial charge is 0.454 e. The number of hydrogen-bond donors (Lipinski definition) is 0. The molecule has 1 fully saturated rings. The molecule has 0 N–H and O–H groups in total. The minimum Gasteiger partial charge on any atom is -0.454 e. The van der Waals surface area contributed by atoms with Crippen LogP contribution in [0.15, 0.2) is 30.3 Å². The summed E-state index contributed by atoms with van der Waals surface area (Å²) in [5.74, 6) is -0.207. The first kappa shape index (κ1) is 14.1. The van der Waals surface area contributed by atoms with E-state index in [0.717, 1.165) is 25.1 Å². The molecule has 104 valence electrons. The van der Waals surface area contributed by atoms with E-state index in [-0.39, 0.29) is 11.4 Å². The highest BCUT2D eigenvalue weighted by Gasteiger charge is 2.52. The number of rotatable bonds is 2. The number of nitrogens with zero attached hydrogens (tertiary/aromatic N) is 1. The average molecular weight is 261 g/mol. The average Bonchev–Trinajstić information content (AvgIpc) is 2.33. The van der Waals surface area contributed by atoms with E-state index in [0.29, 0.717) is 0 Å². The molecule has 0 spiro atoms. The summed E-state index contributed by atoms with van der Waals surface area (Å²) < 4.78 is 5.86. The van der Waals surface area contributed by atoms with Gasteiger partial charge in [0.05, 0.1) is 0 Å². The summed E-state index contributed by atoms with van der Waals surface area (Å²) in [6.45, 7) is 7.71. The van der Waals surface area contributed by atoms with Crippen LogP contribution in [0, 0.1) is 5.41 Å². The van der Waals surface area contributed by atoms with Crippen LogP contribution in [0.4, 0.5) is 0 Å². The topological polar surface area (TPSA) is 29.5 Å². The Morgan fingerprint density at radius 1 is 1.26 bits per heavy atom. The number of carbonyl (C=O) groups is 1. The molecule has 0 bridgehead atoms. The third-order valence-corrected chi connectivity index (χ3v) is 4.16. The molecule has 0 unspecified atom stereocenters. The maximum absolute atomic E-state index is 11.6. The Bertz CT molecular complexity index is 455. The summed E-state index contributed by atoms with van der Waals surface area (Å²) in [5.41, 5.74) is 0.461. The number of ether oxygens (including phenoxy) is 1. The normalized spacial score (nSPS) is 26.9. The zero-order chi connectivity index (χ0) is 14.1. The van der Waals surface area contributed by atoms with Gasteiger partial charge in [0.15, 0.2) is 0 Å². The lowest BCUT2D eigenvalue weighted by atomic mass is 9.66. The molecule has 1 aliphatic heterocycles. The smallest absolute Gasteiger partial charge is 0.303 e. The van der Waals surface area contributed by atoms with Crippen molar-refractivity contribution in [2.45, 2.75) is 32.8 Å². The Hall–Kier alpha value is -1.35. The summed E-state index contributed by atoms with van der Waals surface area (Å²) in [7, 11) is 2.12. The van der Waals surface area contributed by atoms with E-state index in [4.69, 9.17) is 4.74 Å². The first-order valence-electron chi connectivity index (χ1n) is 6.81. The number of hydrogen-bond acceptors (Lipinski definition) is 3. The zero-order valence-corrected chi connectivity index (χ0v) is 12.3. The number of benzene rings is 1. The standard InChI is InChI=1S/C16H23NO2/c1-13(18)19-16(14-8-6-5-7-9-14)10-11-17(4)12-15(16,2)3/h5-9H,10-12H2,1-4H3/t16-/m1/s1. The molecule has 1 saturated heterocycles. The Labute approximate surface area is 115 Å². The van der Waals surface area contributed by atoms with Crippen LogP contribution in [-0.4, -0.2) is 31.0 Å². The maximum Gasteiger partial charge on any atom is 0.303 e. The molecule has 1 heterocycles. The molecule has 3 heteroatoms.